The van der Waals surface area contributed by atoms with Crippen LogP contribution in [0.2, 0.25) is 5.02 Å². The third kappa shape index (κ3) is 7.54. The summed E-state index contributed by atoms with van der Waals surface area (Å²) in [5, 5.41) is 16.4. The van der Waals surface area contributed by atoms with Crippen LogP contribution in [0.3, 0.4) is 0 Å². The number of allylic oxidation sites excluding steroid dienone is 2. The van der Waals surface area contributed by atoms with Crippen molar-refractivity contribution in [2.75, 3.05) is 13.1 Å². The van der Waals surface area contributed by atoms with E-state index in [1.54, 1.807) is 11.3 Å². The molecule has 0 fully saturated rings. The van der Waals surface area contributed by atoms with E-state index in [9.17, 15) is 9.59 Å². The largest absolute Gasteiger partial charge is 0.446 e. The van der Waals surface area contributed by atoms with Gasteiger partial charge in [0.05, 0.1) is 12.1 Å². The summed E-state index contributed by atoms with van der Waals surface area (Å²) < 4.78 is 7.63. The first-order chi connectivity index (χ1) is 20.8. The Morgan fingerprint density at radius 3 is 2.56 bits per heavy atom. The Labute approximate surface area is 261 Å². The quantitative estimate of drug-likeness (QED) is 0.204. The number of carbonyl (C=O) groups is 2. The summed E-state index contributed by atoms with van der Waals surface area (Å²) in [6, 6.07) is 7.14. The molecule has 1 aromatic carbocycles. The Balaban J connectivity index is 1.19. The maximum absolute atomic E-state index is 13.1. The van der Waals surface area contributed by atoms with Crippen molar-refractivity contribution < 1.29 is 14.3 Å². The molecule has 228 valence electrons. The van der Waals surface area contributed by atoms with Gasteiger partial charge >= 0.3 is 6.09 Å². The Morgan fingerprint density at radius 2 is 1.77 bits per heavy atom. The molecule has 3 aromatic rings. The topological polar surface area (TPSA) is 110 Å². The lowest BCUT2D eigenvalue weighted by atomic mass is 9.99. The van der Waals surface area contributed by atoms with Gasteiger partial charge in [0.25, 0.3) is 0 Å². The summed E-state index contributed by atoms with van der Waals surface area (Å²) in [4.78, 5) is 31.7. The summed E-state index contributed by atoms with van der Waals surface area (Å²) in [5.41, 5.74) is 3.95. The van der Waals surface area contributed by atoms with Crippen molar-refractivity contribution in [1.82, 2.24) is 25.4 Å². The molecule has 0 saturated carbocycles. The van der Waals surface area contributed by atoms with E-state index in [2.05, 4.69) is 46.8 Å². The van der Waals surface area contributed by atoms with Crippen molar-refractivity contribution in [1.29, 1.82) is 0 Å². The molecular formula is C32H39ClN6O3S. The van der Waals surface area contributed by atoms with Crippen LogP contribution in [-0.4, -0.2) is 51.7 Å². The lowest BCUT2D eigenvalue weighted by Gasteiger charge is -2.18. The number of nitrogens with zero attached hydrogens (tertiary/aromatic N) is 4. The van der Waals surface area contributed by atoms with Gasteiger partial charge in [-0.25, -0.2) is 4.79 Å². The molecule has 2 N–H and O–H groups in total. The van der Waals surface area contributed by atoms with Crippen LogP contribution in [0.15, 0.2) is 41.4 Å². The minimum absolute atomic E-state index is 0.0235. The van der Waals surface area contributed by atoms with Gasteiger partial charge in [0, 0.05) is 34.1 Å². The van der Waals surface area contributed by atoms with Gasteiger partial charge in [0.15, 0.2) is 5.82 Å². The lowest BCUT2D eigenvalue weighted by molar-refractivity contribution is -0.121. The number of amides is 2. The van der Waals surface area contributed by atoms with E-state index < -0.39 is 6.04 Å². The van der Waals surface area contributed by atoms with Crippen LogP contribution in [0, 0.1) is 20.8 Å². The third-order valence-corrected chi connectivity index (χ3v) is 9.37. The van der Waals surface area contributed by atoms with Gasteiger partial charge in [-0.1, -0.05) is 35.9 Å². The highest BCUT2D eigenvalue weighted by Crippen LogP contribution is 2.39. The first kappa shape index (κ1) is 30.9. The van der Waals surface area contributed by atoms with Crippen LogP contribution in [0.25, 0.3) is 5.00 Å². The molecule has 5 rings (SSSR count). The van der Waals surface area contributed by atoms with Crippen LogP contribution in [-0.2, 0) is 9.53 Å². The smallest absolute Gasteiger partial charge is 0.407 e. The molecule has 9 nitrogen and oxygen atoms in total. The maximum Gasteiger partial charge on any atom is 0.407 e. The Kier molecular flexibility index (Phi) is 10.3. The number of ether oxygens (including phenoxy) is 1. The monoisotopic (exact) mass is 622 g/mol. The molecule has 0 bridgehead atoms. The normalized spacial score (nSPS) is 18.7. The van der Waals surface area contributed by atoms with Crippen molar-refractivity contribution in [3.8, 4) is 5.00 Å². The number of aromatic nitrogens is 3. The van der Waals surface area contributed by atoms with Gasteiger partial charge in [-0.2, -0.15) is 0 Å². The molecule has 1 aliphatic carbocycles. The number of hydrogen-bond donors (Lipinski definition) is 2. The fourth-order valence-electron chi connectivity index (χ4n) is 5.48. The second kappa shape index (κ2) is 14.3. The molecule has 1 aliphatic heterocycles. The maximum atomic E-state index is 13.1. The summed E-state index contributed by atoms with van der Waals surface area (Å²) in [7, 11) is 0. The minimum Gasteiger partial charge on any atom is -0.446 e. The molecule has 11 heteroatoms. The second-order valence-corrected chi connectivity index (χ2v) is 12.7. The Morgan fingerprint density at radius 1 is 1.02 bits per heavy atom. The third-order valence-electron chi connectivity index (χ3n) is 7.92. The zero-order chi connectivity index (χ0) is 30.3. The molecule has 0 saturated heterocycles. The van der Waals surface area contributed by atoms with Crippen molar-refractivity contribution in [2.24, 2.45) is 4.99 Å². The van der Waals surface area contributed by atoms with Crippen molar-refractivity contribution in [2.45, 2.75) is 84.3 Å². The summed E-state index contributed by atoms with van der Waals surface area (Å²) in [6.45, 7) is 7.14. The molecule has 0 spiro atoms. The van der Waals surface area contributed by atoms with Gasteiger partial charge in [0.2, 0.25) is 5.91 Å². The number of alkyl carbamates (subject to hydrolysis) is 1. The number of benzene rings is 1. The van der Waals surface area contributed by atoms with Crippen LogP contribution >= 0.6 is 22.9 Å². The van der Waals surface area contributed by atoms with E-state index in [0.29, 0.717) is 23.9 Å². The van der Waals surface area contributed by atoms with Gasteiger partial charge < -0.3 is 15.4 Å². The van der Waals surface area contributed by atoms with Crippen molar-refractivity contribution in [3.63, 3.8) is 0 Å². The van der Waals surface area contributed by atoms with Crippen LogP contribution in [0.4, 0.5) is 4.79 Å². The first-order valence-electron chi connectivity index (χ1n) is 15.0. The number of hydrogen-bond acceptors (Lipinski definition) is 7. The van der Waals surface area contributed by atoms with Crippen molar-refractivity contribution in [3.05, 3.63) is 74.7 Å². The van der Waals surface area contributed by atoms with Crippen LogP contribution in [0.1, 0.15) is 90.6 Å². The number of fused-ring (bicyclic) bond motifs is 3. The predicted molar refractivity (Wildman–Crippen MR) is 171 cm³/mol. The molecule has 2 aromatic heterocycles. The molecule has 1 unspecified atom stereocenters. The van der Waals surface area contributed by atoms with Crippen LogP contribution < -0.4 is 10.6 Å². The average molecular weight is 623 g/mol. The fraction of sp³-hybridized carbons (Fsp3) is 0.469. The van der Waals surface area contributed by atoms with Gasteiger partial charge in [-0.15, -0.1) is 21.5 Å². The van der Waals surface area contributed by atoms with E-state index in [4.69, 9.17) is 21.3 Å². The van der Waals surface area contributed by atoms with E-state index in [-0.39, 0.29) is 24.5 Å². The number of rotatable bonds is 9. The minimum atomic E-state index is -0.508. The highest BCUT2D eigenvalue weighted by Gasteiger charge is 2.32. The molecule has 43 heavy (non-hydrogen) atoms. The molecule has 2 aliphatic rings. The average Bonchev–Trinajstić information content (AvgIpc) is 3.44. The fourth-order valence-corrected chi connectivity index (χ4v) is 6.82. The zero-order valence-corrected chi connectivity index (χ0v) is 26.6. The number of halogens is 1. The second-order valence-electron chi connectivity index (χ2n) is 11.1. The molecular weight excluding hydrogens is 584 g/mol. The van der Waals surface area contributed by atoms with E-state index in [1.165, 1.54) is 4.88 Å². The number of thiophene rings is 1. The SMILES string of the molecule is Cc1sc2c(c1C)C(c1ccc(Cl)cc1)=N[C@@H](CC(=O)NCCCCNC(=O)OC1CC/C=C\CCC1)c1nnc(C)n1-2. The van der Waals surface area contributed by atoms with E-state index in [1.807, 2.05) is 35.8 Å². The van der Waals surface area contributed by atoms with E-state index >= 15 is 0 Å². The lowest BCUT2D eigenvalue weighted by Crippen LogP contribution is -2.31. The van der Waals surface area contributed by atoms with Gasteiger partial charge in [-0.05, 0) is 83.4 Å². The molecule has 2 atom stereocenters. The Bertz CT molecular complexity index is 1510. The molecule has 3 heterocycles. The first-order valence-corrected chi connectivity index (χ1v) is 16.2. The van der Waals surface area contributed by atoms with Gasteiger partial charge in [0.1, 0.15) is 23.0 Å². The molecule has 0 radical (unpaired) electrons. The zero-order valence-electron chi connectivity index (χ0n) is 25.0. The van der Waals surface area contributed by atoms with E-state index in [0.717, 1.165) is 78.2 Å². The Hall–Kier alpha value is -3.50. The summed E-state index contributed by atoms with van der Waals surface area (Å²) in [6.07, 6.45) is 10.4. The number of carbonyl (C=O) groups excluding carboxylic acids is 2. The van der Waals surface area contributed by atoms with Gasteiger partial charge in [-0.3, -0.25) is 14.4 Å². The highest BCUT2D eigenvalue weighted by molar-refractivity contribution is 7.15. The summed E-state index contributed by atoms with van der Waals surface area (Å²) in [5.74, 6) is 1.30. The summed E-state index contributed by atoms with van der Waals surface area (Å²) >= 11 is 7.88. The number of aryl methyl sites for hydroxylation is 2. The highest BCUT2D eigenvalue weighted by atomic mass is 35.5. The predicted octanol–water partition coefficient (Wildman–Crippen LogP) is 6.70. The number of aliphatic imine (C=N–C) groups is 1. The number of unbranched alkanes of at least 4 members (excludes halogenated alkanes) is 1. The van der Waals surface area contributed by atoms with Crippen LogP contribution in [0.5, 0.6) is 0 Å². The molecule has 2 amide bonds. The number of nitrogens with one attached hydrogen (secondary N) is 2. The standard InChI is InChI=1S/C32H39ClN6O3S/c1-20-21(2)43-31-28(20)29(23-13-15-24(33)16-14-23)36-26(30-38-37-22(3)39(30)31)19-27(40)34-17-9-10-18-35-32(41)42-25-11-7-5-4-6-8-12-25/h4-5,13-16,25-26H,6-12,17-19H2,1-3H3,(H,34,40)(H,35,41)/b5-4-/t25?,26-/m0/s1. The van der Waals surface area contributed by atoms with Crippen molar-refractivity contribution >= 4 is 40.6 Å².